The van der Waals surface area contributed by atoms with E-state index in [9.17, 15) is 4.79 Å². The number of halogens is 1. The molecule has 5 heteroatoms. The van der Waals surface area contributed by atoms with E-state index < -0.39 is 0 Å². The molecule has 0 aromatic heterocycles. The summed E-state index contributed by atoms with van der Waals surface area (Å²) in [6.45, 7) is 2.91. The van der Waals surface area contributed by atoms with Crippen LogP contribution in [0.1, 0.15) is 30.0 Å². The van der Waals surface area contributed by atoms with Crippen LogP contribution in [0, 0.1) is 6.92 Å². The number of benzene rings is 3. The molecule has 2 heterocycles. The van der Waals surface area contributed by atoms with Gasteiger partial charge in [-0.15, -0.1) is 0 Å². The zero-order valence-electron chi connectivity index (χ0n) is 18.2. The van der Waals surface area contributed by atoms with E-state index in [-0.39, 0.29) is 11.9 Å². The fourth-order valence-electron chi connectivity index (χ4n) is 4.69. The second-order valence-electron chi connectivity index (χ2n) is 8.31. The summed E-state index contributed by atoms with van der Waals surface area (Å²) in [7, 11) is 1.66. The van der Waals surface area contributed by atoms with Crippen LogP contribution in [0.15, 0.2) is 84.1 Å². The molecule has 0 saturated carbocycles. The van der Waals surface area contributed by atoms with Crippen LogP contribution in [0.5, 0.6) is 5.75 Å². The van der Waals surface area contributed by atoms with Gasteiger partial charge in [-0.05, 0) is 67.4 Å². The van der Waals surface area contributed by atoms with Gasteiger partial charge in [-0.3, -0.25) is 4.79 Å². The third-order valence-electron chi connectivity index (χ3n) is 6.39. The van der Waals surface area contributed by atoms with Gasteiger partial charge in [0.2, 0.25) is 0 Å². The van der Waals surface area contributed by atoms with Gasteiger partial charge in [0.1, 0.15) is 5.75 Å². The SMILES string of the molecule is COc1ccc(C2CC3=C(CCN3c3ccc(C)cc3)C(=O)N2c2ccc(Cl)cc2)cc1. The molecule has 1 unspecified atom stereocenters. The minimum atomic E-state index is -0.112. The summed E-state index contributed by atoms with van der Waals surface area (Å²) in [5, 5.41) is 0.658. The monoisotopic (exact) mass is 444 g/mol. The number of carbonyl (C=O) groups excluding carboxylic acids is 1. The molecule has 1 atom stereocenters. The van der Waals surface area contributed by atoms with Crippen molar-refractivity contribution in [2.45, 2.75) is 25.8 Å². The average Bonchev–Trinajstić information content (AvgIpc) is 3.25. The number of anilines is 2. The number of amides is 1. The Morgan fingerprint density at radius 3 is 2.22 bits per heavy atom. The minimum absolute atomic E-state index is 0.0732. The Kier molecular flexibility index (Phi) is 5.40. The fraction of sp³-hybridized carbons (Fsp3) is 0.222. The Morgan fingerprint density at radius 1 is 0.906 bits per heavy atom. The number of methoxy groups -OCH3 is 1. The molecule has 2 aliphatic heterocycles. The van der Waals surface area contributed by atoms with Crippen molar-refractivity contribution in [2.75, 3.05) is 23.5 Å². The molecule has 4 nitrogen and oxygen atoms in total. The van der Waals surface area contributed by atoms with Crippen LogP contribution in [0.4, 0.5) is 11.4 Å². The molecule has 0 aliphatic carbocycles. The number of aryl methyl sites for hydroxylation is 1. The van der Waals surface area contributed by atoms with Crippen molar-refractivity contribution >= 4 is 28.9 Å². The largest absolute Gasteiger partial charge is 0.497 e. The second-order valence-corrected chi connectivity index (χ2v) is 8.74. The van der Waals surface area contributed by atoms with E-state index in [1.807, 2.05) is 41.3 Å². The molecular formula is C27H25ClN2O2. The van der Waals surface area contributed by atoms with Crippen LogP contribution in [-0.2, 0) is 4.79 Å². The van der Waals surface area contributed by atoms with Gasteiger partial charge in [0.15, 0.2) is 0 Å². The summed E-state index contributed by atoms with van der Waals surface area (Å²) in [6, 6.07) is 24.0. The maximum Gasteiger partial charge on any atom is 0.256 e. The van der Waals surface area contributed by atoms with E-state index in [4.69, 9.17) is 16.3 Å². The Labute approximate surface area is 193 Å². The predicted molar refractivity (Wildman–Crippen MR) is 129 cm³/mol. The summed E-state index contributed by atoms with van der Waals surface area (Å²) < 4.78 is 5.34. The lowest BCUT2D eigenvalue weighted by atomic mass is 9.92. The van der Waals surface area contributed by atoms with Crippen molar-refractivity contribution in [3.8, 4) is 5.75 Å². The van der Waals surface area contributed by atoms with Crippen molar-refractivity contribution in [3.63, 3.8) is 0 Å². The first kappa shape index (κ1) is 20.7. The van der Waals surface area contributed by atoms with E-state index in [2.05, 4.69) is 48.2 Å². The number of ether oxygens (including phenoxy) is 1. The maximum atomic E-state index is 13.8. The van der Waals surface area contributed by atoms with Gasteiger partial charge in [-0.2, -0.15) is 0 Å². The van der Waals surface area contributed by atoms with Gasteiger partial charge >= 0.3 is 0 Å². The van der Waals surface area contributed by atoms with Crippen LogP contribution >= 0.6 is 11.6 Å². The van der Waals surface area contributed by atoms with Crippen molar-refractivity contribution < 1.29 is 9.53 Å². The molecule has 1 amide bonds. The van der Waals surface area contributed by atoms with Gasteiger partial charge in [0.05, 0.1) is 13.2 Å². The molecule has 32 heavy (non-hydrogen) atoms. The molecule has 3 aromatic rings. The van der Waals surface area contributed by atoms with Crippen molar-refractivity contribution in [1.29, 1.82) is 0 Å². The van der Waals surface area contributed by atoms with Crippen molar-refractivity contribution in [3.05, 3.63) is 100 Å². The lowest BCUT2D eigenvalue weighted by molar-refractivity contribution is -0.116. The minimum Gasteiger partial charge on any atom is -0.497 e. The van der Waals surface area contributed by atoms with Crippen LogP contribution in [-0.4, -0.2) is 19.6 Å². The third kappa shape index (κ3) is 3.65. The number of nitrogens with zero attached hydrogens (tertiary/aromatic N) is 2. The predicted octanol–water partition coefficient (Wildman–Crippen LogP) is 6.30. The topological polar surface area (TPSA) is 32.8 Å². The molecule has 2 aliphatic rings. The lowest BCUT2D eigenvalue weighted by Crippen LogP contribution is -2.40. The van der Waals surface area contributed by atoms with Gasteiger partial charge in [0, 0.05) is 40.6 Å². The highest BCUT2D eigenvalue weighted by atomic mass is 35.5. The Balaban J connectivity index is 1.58. The maximum absolute atomic E-state index is 13.8. The van der Waals surface area contributed by atoms with E-state index in [0.717, 1.165) is 53.3 Å². The number of hydrogen-bond acceptors (Lipinski definition) is 3. The van der Waals surface area contributed by atoms with E-state index in [0.29, 0.717) is 5.02 Å². The van der Waals surface area contributed by atoms with Crippen molar-refractivity contribution in [2.24, 2.45) is 0 Å². The normalized spacial score (nSPS) is 18.2. The fourth-order valence-corrected chi connectivity index (χ4v) is 4.82. The molecule has 3 aromatic carbocycles. The summed E-state index contributed by atoms with van der Waals surface area (Å²) in [5.41, 5.74) is 6.35. The first-order valence-corrected chi connectivity index (χ1v) is 11.2. The van der Waals surface area contributed by atoms with Crippen LogP contribution in [0.3, 0.4) is 0 Å². The Bertz CT molecular complexity index is 1170. The summed E-state index contributed by atoms with van der Waals surface area (Å²) in [6.07, 6.45) is 1.51. The molecular weight excluding hydrogens is 420 g/mol. The first-order valence-electron chi connectivity index (χ1n) is 10.8. The number of carbonyl (C=O) groups is 1. The summed E-state index contributed by atoms with van der Waals surface area (Å²) in [5.74, 6) is 0.875. The van der Waals surface area contributed by atoms with Crippen molar-refractivity contribution in [1.82, 2.24) is 0 Å². The van der Waals surface area contributed by atoms with E-state index >= 15 is 0 Å². The highest BCUT2D eigenvalue weighted by Gasteiger charge is 2.40. The second kappa shape index (κ2) is 8.36. The number of rotatable bonds is 4. The molecule has 0 N–H and O–H groups in total. The van der Waals surface area contributed by atoms with Gasteiger partial charge in [-0.25, -0.2) is 0 Å². The molecule has 0 saturated heterocycles. The summed E-state index contributed by atoms with van der Waals surface area (Å²) in [4.78, 5) is 18.0. The molecule has 0 fully saturated rings. The lowest BCUT2D eigenvalue weighted by Gasteiger charge is -2.38. The molecule has 0 bridgehead atoms. The van der Waals surface area contributed by atoms with Crippen LogP contribution in [0.2, 0.25) is 5.02 Å². The van der Waals surface area contributed by atoms with E-state index in [1.165, 1.54) is 5.56 Å². The Morgan fingerprint density at radius 2 is 1.56 bits per heavy atom. The first-order chi connectivity index (χ1) is 15.5. The standard InChI is InChI=1S/C27H25ClN2O2/c1-18-3-9-21(10-4-18)29-16-15-24-26(29)17-25(19-5-13-23(32-2)14-6-19)30(27(24)31)22-11-7-20(28)8-12-22/h3-14,25H,15-17H2,1-2H3. The summed E-state index contributed by atoms with van der Waals surface area (Å²) >= 11 is 6.13. The molecule has 162 valence electrons. The van der Waals surface area contributed by atoms with Crippen LogP contribution < -0.4 is 14.5 Å². The Hall–Kier alpha value is -3.24. The zero-order valence-corrected chi connectivity index (χ0v) is 19.0. The smallest absolute Gasteiger partial charge is 0.256 e. The molecule has 5 rings (SSSR count). The van der Waals surface area contributed by atoms with Gasteiger partial charge in [0.25, 0.3) is 5.91 Å². The number of hydrogen-bond donors (Lipinski definition) is 0. The van der Waals surface area contributed by atoms with E-state index in [1.54, 1.807) is 7.11 Å². The molecule has 0 radical (unpaired) electrons. The van der Waals surface area contributed by atoms with Gasteiger partial charge in [-0.1, -0.05) is 41.4 Å². The molecule has 0 spiro atoms. The highest BCUT2D eigenvalue weighted by Crippen LogP contribution is 2.44. The average molecular weight is 445 g/mol. The zero-order chi connectivity index (χ0) is 22.2. The van der Waals surface area contributed by atoms with Crippen LogP contribution in [0.25, 0.3) is 0 Å². The quantitative estimate of drug-likeness (QED) is 0.473. The highest BCUT2D eigenvalue weighted by molar-refractivity contribution is 6.30. The van der Waals surface area contributed by atoms with Gasteiger partial charge < -0.3 is 14.5 Å². The third-order valence-corrected chi connectivity index (χ3v) is 6.64.